The van der Waals surface area contributed by atoms with E-state index in [2.05, 4.69) is 38.2 Å². The van der Waals surface area contributed by atoms with E-state index in [1.165, 1.54) is 32.1 Å². The second-order valence-electron chi connectivity index (χ2n) is 6.05. The molecule has 0 radical (unpaired) electrons. The summed E-state index contributed by atoms with van der Waals surface area (Å²) >= 11 is 0. The number of halogens is 1. The van der Waals surface area contributed by atoms with Gasteiger partial charge in [-0.05, 0) is 32.9 Å². The number of carbonyl (C=O) groups excluding carboxylic acids is 1. The molecule has 1 aliphatic carbocycles. The lowest BCUT2D eigenvalue weighted by atomic mass is 9.80. The number of nitrogens with zero attached hydrogens (tertiary/aromatic N) is 1. The minimum Gasteiger partial charge on any atom is -0.354 e. The van der Waals surface area contributed by atoms with Crippen LogP contribution < -0.4 is 5.32 Å². The third-order valence-corrected chi connectivity index (χ3v) is 3.94. The third-order valence-electron chi connectivity index (χ3n) is 3.94. The van der Waals surface area contributed by atoms with E-state index in [4.69, 9.17) is 0 Å². The van der Waals surface area contributed by atoms with Crippen LogP contribution in [-0.4, -0.2) is 37.0 Å². The lowest BCUT2D eigenvalue weighted by molar-refractivity contribution is -0.122. The summed E-state index contributed by atoms with van der Waals surface area (Å²) in [7, 11) is 4.28. The smallest absolute Gasteiger partial charge is 0.220 e. The molecule has 3 nitrogen and oxygen atoms in total. The van der Waals surface area contributed by atoms with Gasteiger partial charge in [0.25, 0.3) is 0 Å². The monoisotopic (exact) mass is 276 g/mol. The van der Waals surface area contributed by atoms with Gasteiger partial charge in [-0.2, -0.15) is 0 Å². The van der Waals surface area contributed by atoms with E-state index in [-0.39, 0.29) is 23.9 Å². The van der Waals surface area contributed by atoms with Crippen LogP contribution in [0.15, 0.2) is 0 Å². The molecule has 0 atom stereocenters. The number of rotatable bonds is 5. The molecule has 0 bridgehead atoms. The van der Waals surface area contributed by atoms with Crippen LogP contribution in [0.3, 0.4) is 0 Å². The molecule has 1 aliphatic rings. The van der Waals surface area contributed by atoms with Crippen LogP contribution in [0.4, 0.5) is 0 Å². The van der Waals surface area contributed by atoms with Crippen molar-refractivity contribution in [2.75, 3.05) is 20.6 Å². The Morgan fingerprint density at radius 1 is 1.22 bits per heavy atom. The molecule has 1 N–H and O–H groups in total. The molecule has 1 fully saturated rings. The zero-order valence-electron chi connectivity index (χ0n) is 12.3. The lowest BCUT2D eigenvalue weighted by Gasteiger charge is -2.43. The molecule has 4 heteroatoms. The molecule has 0 aromatic rings. The first-order valence-corrected chi connectivity index (χ1v) is 6.90. The number of nitrogens with one attached hydrogen (secondary N) is 1. The topological polar surface area (TPSA) is 32.3 Å². The molecule has 108 valence electrons. The average molecular weight is 277 g/mol. The van der Waals surface area contributed by atoms with E-state index in [1.807, 2.05) is 0 Å². The van der Waals surface area contributed by atoms with Crippen LogP contribution in [0.2, 0.25) is 0 Å². The van der Waals surface area contributed by atoms with Gasteiger partial charge < -0.3 is 10.2 Å². The Bertz CT molecular complexity index is 248. The van der Waals surface area contributed by atoms with Crippen LogP contribution in [0, 0.1) is 5.92 Å². The van der Waals surface area contributed by atoms with Gasteiger partial charge in [0.05, 0.1) is 0 Å². The molecular formula is C14H29ClN2O. The highest BCUT2D eigenvalue weighted by Gasteiger charge is 2.34. The Hall–Kier alpha value is -0.280. The normalized spacial score (nSPS) is 18.6. The minimum atomic E-state index is 0. The van der Waals surface area contributed by atoms with E-state index in [0.29, 0.717) is 12.3 Å². The first-order chi connectivity index (χ1) is 7.96. The van der Waals surface area contributed by atoms with Crippen LogP contribution >= 0.6 is 12.4 Å². The van der Waals surface area contributed by atoms with E-state index >= 15 is 0 Å². The zero-order chi connectivity index (χ0) is 12.9. The number of hydrogen-bond donors (Lipinski definition) is 1. The Morgan fingerprint density at radius 2 is 1.78 bits per heavy atom. The van der Waals surface area contributed by atoms with Crippen molar-refractivity contribution in [1.29, 1.82) is 0 Å². The van der Waals surface area contributed by atoms with Crippen LogP contribution in [0.5, 0.6) is 0 Å². The molecule has 0 aromatic heterocycles. The lowest BCUT2D eigenvalue weighted by Crippen LogP contribution is -2.53. The number of carbonyl (C=O) groups is 1. The van der Waals surface area contributed by atoms with Gasteiger partial charge in [-0.15, -0.1) is 12.4 Å². The standard InChI is InChI=1S/C14H28N2O.ClH/c1-12(2)10-13(17)15-11-14(16(3)4)8-6-5-7-9-14;/h12H,5-11H2,1-4H3,(H,15,17);1H. The van der Waals surface area contributed by atoms with E-state index < -0.39 is 0 Å². The first-order valence-electron chi connectivity index (χ1n) is 6.90. The molecule has 1 amide bonds. The van der Waals surface area contributed by atoms with Gasteiger partial charge in [-0.25, -0.2) is 0 Å². The molecular weight excluding hydrogens is 248 g/mol. The van der Waals surface area contributed by atoms with Gasteiger partial charge in [0, 0.05) is 18.5 Å². The summed E-state index contributed by atoms with van der Waals surface area (Å²) in [5, 5.41) is 3.13. The molecule has 0 heterocycles. The summed E-state index contributed by atoms with van der Waals surface area (Å²) in [6.07, 6.45) is 6.99. The van der Waals surface area contributed by atoms with E-state index in [0.717, 1.165) is 6.54 Å². The van der Waals surface area contributed by atoms with Crippen LogP contribution in [0.25, 0.3) is 0 Å². The van der Waals surface area contributed by atoms with Crippen molar-refractivity contribution >= 4 is 18.3 Å². The third kappa shape index (κ3) is 5.15. The van der Waals surface area contributed by atoms with Crippen LogP contribution in [0.1, 0.15) is 52.4 Å². The second-order valence-corrected chi connectivity index (χ2v) is 6.05. The number of likely N-dealkylation sites (N-methyl/N-ethyl adjacent to an activating group) is 1. The molecule has 0 aromatic carbocycles. The Morgan fingerprint density at radius 3 is 2.22 bits per heavy atom. The fourth-order valence-electron chi connectivity index (χ4n) is 2.70. The predicted octanol–water partition coefficient (Wildman–Crippen LogP) is 2.84. The van der Waals surface area contributed by atoms with Crippen molar-refractivity contribution in [3.05, 3.63) is 0 Å². The van der Waals surface area contributed by atoms with Gasteiger partial charge in [0.2, 0.25) is 5.91 Å². The number of amides is 1. The van der Waals surface area contributed by atoms with Gasteiger partial charge >= 0.3 is 0 Å². The highest BCUT2D eigenvalue weighted by atomic mass is 35.5. The molecule has 0 saturated heterocycles. The maximum atomic E-state index is 11.7. The summed E-state index contributed by atoms with van der Waals surface area (Å²) < 4.78 is 0. The zero-order valence-corrected chi connectivity index (χ0v) is 13.1. The van der Waals surface area contributed by atoms with E-state index in [1.54, 1.807) is 0 Å². The Balaban J connectivity index is 0.00000289. The summed E-state index contributed by atoms with van der Waals surface area (Å²) in [6, 6.07) is 0. The van der Waals surface area contributed by atoms with Crippen molar-refractivity contribution < 1.29 is 4.79 Å². The van der Waals surface area contributed by atoms with Gasteiger partial charge in [-0.3, -0.25) is 4.79 Å². The predicted molar refractivity (Wildman–Crippen MR) is 79.2 cm³/mol. The summed E-state index contributed by atoms with van der Waals surface area (Å²) in [4.78, 5) is 14.0. The fraction of sp³-hybridized carbons (Fsp3) is 0.929. The quantitative estimate of drug-likeness (QED) is 0.837. The van der Waals surface area contributed by atoms with E-state index in [9.17, 15) is 4.79 Å². The maximum absolute atomic E-state index is 11.7. The van der Waals surface area contributed by atoms with Crippen molar-refractivity contribution in [3.8, 4) is 0 Å². The van der Waals surface area contributed by atoms with Crippen molar-refractivity contribution in [2.24, 2.45) is 5.92 Å². The number of hydrogen-bond acceptors (Lipinski definition) is 2. The minimum absolute atomic E-state index is 0. The Labute approximate surface area is 118 Å². The van der Waals surface area contributed by atoms with Gasteiger partial charge in [0.1, 0.15) is 0 Å². The summed E-state index contributed by atoms with van der Waals surface area (Å²) in [5.41, 5.74) is 0.199. The van der Waals surface area contributed by atoms with Crippen molar-refractivity contribution in [3.63, 3.8) is 0 Å². The van der Waals surface area contributed by atoms with Gasteiger partial charge in [0.15, 0.2) is 0 Å². The highest BCUT2D eigenvalue weighted by molar-refractivity contribution is 5.85. The largest absolute Gasteiger partial charge is 0.354 e. The molecule has 0 unspecified atom stereocenters. The highest BCUT2D eigenvalue weighted by Crippen LogP contribution is 2.31. The SMILES string of the molecule is CC(C)CC(=O)NCC1(N(C)C)CCCCC1.Cl. The molecule has 1 rings (SSSR count). The summed E-state index contributed by atoms with van der Waals surface area (Å²) in [6.45, 7) is 4.98. The van der Waals surface area contributed by atoms with Gasteiger partial charge in [-0.1, -0.05) is 33.1 Å². The Kier molecular flexibility index (Phi) is 7.88. The molecule has 0 spiro atoms. The van der Waals surface area contributed by atoms with Crippen molar-refractivity contribution in [1.82, 2.24) is 10.2 Å². The fourth-order valence-corrected chi connectivity index (χ4v) is 2.70. The maximum Gasteiger partial charge on any atom is 0.220 e. The van der Waals surface area contributed by atoms with Crippen LogP contribution in [-0.2, 0) is 4.79 Å². The second kappa shape index (κ2) is 8.00. The van der Waals surface area contributed by atoms with Crippen molar-refractivity contribution in [2.45, 2.75) is 57.9 Å². The molecule has 0 aliphatic heterocycles. The average Bonchev–Trinajstić information content (AvgIpc) is 2.26. The molecule has 1 saturated carbocycles. The first kappa shape index (κ1) is 17.7. The summed E-state index contributed by atoms with van der Waals surface area (Å²) in [5.74, 6) is 0.642. The molecule has 18 heavy (non-hydrogen) atoms.